The third kappa shape index (κ3) is 4.89. The Hall–Kier alpha value is -3.68. The SMILES string of the molecule is CCOc1ccc(N2CC(CNC(=O)CCCN3C(=O)c4ccccc4C3=O)CC2=O)cc1. The van der Waals surface area contributed by atoms with Crippen LogP contribution in [0.3, 0.4) is 0 Å². The number of carbonyl (C=O) groups excluding carboxylic acids is 4. The predicted molar refractivity (Wildman–Crippen MR) is 122 cm³/mol. The largest absolute Gasteiger partial charge is 0.494 e. The molecule has 172 valence electrons. The van der Waals surface area contributed by atoms with Crippen LogP contribution in [0.25, 0.3) is 0 Å². The van der Waals surface area contributed by atoms with Crippen molar-refractivity contribution >= 4 is 29.3 Å². The molecule has 8 nitrogen and oxygen atoms in total. The lowest BCUT2D eigenvalue weighted by atomic mass is 10.1. The molecule has 1 fully saturated rings. The van der Waals surface area contributed by atoms with Gasteiger partial charge in [-0.3, -0.25) is 24.1 Å². The first-order valence-corrected chi connectivity index (χ1v) is 11.2. The van der Waals surface area contributed by atoms with Crippen LogP contribution in [0.15, 0.2) is 48.5 Å². The summed E-state index contributed by atoms with van der Waals surface area (Å²) in [6.45, 7) is 3.66. The van der Waals surface area contributed by atoms with Crippen molar-refractivity contribution < 1.29 is 23.9 Å². The molecule has 4 amide bonds. The first-order valence-electron chi connectivity index (χ1n) is 11.2. The number of carbonyl (C=O) groups is 4. The van der Waals surface area contributed by atoms with Crippen LogP contribution in [-0.2, 0) is 9.59 Å². The Morgan fingerprint density at radius 1 is 1.03 bits per heavy atom. The summed E-state index contributed by atoms with van der Waals surface area (Å²) in [5, 5.41) is 2.88. The van der Waals surface area contributed by atoms with Crippen molar-refractivity contribution in [3.05, 3.63) is 59.7 Å². The molecule has 2 aliphatic heterocycles. The number of imide groups is 1. The standard InChI is InChI=1S/C25H27N3O5/c1-2-33-19-11-9-18(10-12-19)28-16-17(14-23(28)30)15-26-22(29)8-5-13-27-24(31)20-6-3-4-7-21(20)25(27)32/h3-4,6-7,9-12,17H,2,5,8,13-16H2,1H3,(H,26,29). The highest BCUT2D eigenvalue weighted by molar-refractivity contribution is 6.21. The number of ether oxygens (including phenoxy) is 1. The average Bonchev–Trinajstić information content (AvgIpc) is 3.31. The maximum absolute atomic E-state index is 12.4. The molecule has 1 N–H and O–H groups in total. The van der Waals surface area contributed by atoms with Crippen LogP contribution < -0.4 is 15.0 Å². The number of fused-ring (bicyclic) bond motifs is 1. The van der Waals surface area contributed by atoms with Crippen LogP contribution in [0.4, 0.5) is 5.69 Å². The smallest absolute Gasteiger partial charge is 0.261 e. The number of nitrogens with one attached hydrogen (secondary N) is 1. The molecule has 2 aliphatic rings. The Kier molecular flexibility index (Phi) is 6.72. The molecule has 0 bridgehead atoms. The highest BCUT2D eigenvalue weighted by Crippen LogP contribution is 2.27. The van der Waals surface area contributed by atoms with E-state index >= 15 is 0 Å². The van der Waals surface area contributed by atoms with Gasteiger partial charge in [0.15, 0.2) is 0 Å². The van der Waals surface area contributed by atoms with Crippen molar-refractivity contribution in [2.24, 2.45) is 5.92 Å². The number of benzene rings is 2. The van der Waals surface area contributed by atoms with Crippen molar-refractivity contribution in [1.29, 1.82) is 0 Å². The van der Waals surface area contributed by atoms with Gasteiger partial charge in [-0.15, -0.1) is 0 Å². The minimum Gasteiger partial charge on any atom is -0.494 e. The van der Waals surface area contributed by atoms with E-state index in [1.54, 1.807) is 29.2 Å². The fourth-order valence-corrected chi connectivity index (χ4v) is 4.24. The molecular formula is C25H27N3O5. The lowest BCUT2D eigenvalue weighted by Crippen LogP contribution is -2.33. The summed E-state index contributed by atoms with van der Waals surface area (Å²) in [6.07, 6.45) is 0.971. The second kappa shape index (κ2) is 9.85. The molecule has 1 unspecified atom stereocenters. The maximum atomic E-state index is 12.4. The van der Waals surface area contributed by atoms with Gasteiger partial charge in [-0.1, -0.05) is 12.1 Å². The molecule has 4 rings (SSSR count). The van der Waals surface area contributed by atoms with Crippen LogP contribution >= 0.6 is 0 Å². The number of amides is 4. The summed E-state index contributed by atoms with van der Waals surface area (Å²) in [7, 11) is 0. The molecule has 0 saturated carbocycles. The van der Waals surface area contributed by atoms with Crippen LogP contribution in [0.1, 0.15) is 46.9 Å². The van der Waals surface area contributed by atoms with Gasteiger partial charge in [-0.25, -0.2) is 0 Å². The van der Waals surface area contributed by atoms with Gasteiger partial charge in [0.05, 0.1) is 17.7 Å². The summed E-state index contributed by atoms with van der Waals surface area (Å²) >= 11 is 0. The number of hydrogen-bond acceptors (Lipinski definition) is 5. The first-order chi connectivity index (χ1) is 16.0. The second-order valence-electron chi connectivity index (χ2n) is 8.22. The summed E-state index contributed by atoms with van der Waals surface area (Å²) in [6, 6.07) is 14.2. The molecule has 2 heterocycles. The monoisotopic (exact) mass is 449 g/mol. The zero-order valence-corrected chi connectivity index (χ0v) is 18.6. The van der Waals surface area contributed by atoms with Crippen molar-refractivity contribution in [2.75, 3.05) is 31.1 Å². The van der Waals surface area contributed by atoms with Gasteiger partial charge in [0.2, 0.25) is 11.8 Å². The zero-order valence-electron chi connectivity index (χ0n) is 18.6. The van der Waals surface area contributed by atoms with Crippen molar-refractivity contribution in [2.45, 2.75) is 26.2 Å². The number of nitrogens with zero attached hydrogens (tertiary/aromatic N) is 2. The molecule has 0 spiro atoms. The van der Waals surface area contributed by atoms with E-state index in [0.717, 1.165) is 11.4 Å². The third-order valence-electron chi connectivity index (χ3n) is 5.92. The van der Waals surface area contributed by atoms with Gasteiger partial charge in [-0.05, 0) is 49.7 Å². The van der Waals surface area contributed by atoms with E-state index in [9.17, 15) is 19.2 Å². The molecule has 2 aromatic rings. The molecule has 0 aliphatic carbocycles. The molecule has 0 radical (unpaired) electrons. The lowest BCUT2D eigenvalue weighted by Gasteiger charge is -2.17. The Balaban J connectivity index is 1.20. The lowest BCUT2D eigenvalue weighted by molar-refractivity contribution is -0.121. The zero-order chi connectivity index (χ0) is 23.4. The van der Waals surface area contributed by atoms with Crippen LogP contribution in [0.2, 0.25) is 0 Å². The summed E-state index contributed by atoms with van der Waals surface area (Å²) in [5.74, 6) is 0.0505. The first kappa shape index (κ1) is 22.5. The molecule has 2 aromatic carbocycles. The van der Waals surface area contributed by atoms with E-state index in [0.29, 0.717) is 43.7 Å². The number of hydrogen-bond donors (Lipinski definition) is 1. The van der Waals surface area contributed by atoms with Gasteiger partial charge >= 0.3 is 0 Å². The maximum Gasteiger partial charge on any atom is 0.261 e. The Morgan fingerprint density at radius 2 is 1.70 bits per heavy atom. The minimum absolute atomic E-state index is 0.0315. The molecule has 33 heavy (non-hydrogen) atoms. The highest BCUT2D eigenvalue weighted by atomic mass is 16.5. The fraction of sp³-hybridized carbons (Fsp3) is 0.360. The van der Waals surface area contributed by atoms with E-state index in [1.807, 2.05) is 31.2 Å². The molecular weight excluding hydrogens is 422 g/mol. The third-order valence-corrected chi connectivity index (χ3v) is 5.92. The van der Waals surface area contributed by atoms with Gasteiger partial charge in [0, 0.05) is 44.1 Å². The molecule has 1 atom stereocenters. The van der Waals surface area contributed by atoms with Crippen molar-refractivity contribution in [1.82, 2.24) is 10.2 Å². The van der Waals surface area contributed by atoms with Crippen LogP contribution in [-0.4, -0.2) is 54.8 Å². The van der Waals surface area contributed by atoms with Crippen molar-refractivity contribution in [3.8, 4) is 5.75 Å². The highest BCUT2D eigenvalue weighted by Gasteiger charge is 2.34. The Bertz CT molecular complexity index is 1030. The molecule has 1 saturated heterocycles. The number of anilines is 1. The van der Waals surface area contributed by atoms with Crippen LogP contribution in [0.5, 0.6) is 5.75 Å². The topological polar surface area (TPSA) is 96.0 Å². The Morgan fingerprint density at radius 3 is 2.33 bits per heavy atom. The predicted octanol–water partition coefficient (Wildman–Crippen LogP) is 2.63. The van der Waals surface area contributed by atoms with E-state index in [-0.39, 0.29) is 42.5 Å². The van der Waals surface area contributed by atoms with E-state index in [2.05, 4.69) is 5.32 Å². The van der Waals surface area contributed by atoms with Gasteiger partial charge in [-0.2, -0.15) is 0 Å². The van der Waals surface area contributed by atoms with Gasteiger partial charge in [0.25, 0.3) is 11.8 Å². The quantitative estimate of drug-likeness (QED) is 0.594. The summed E-state index contributed by atoms with van der Waals surface area (Å²) < 4.78 is 5.44. The van der Waals surface area contributed by atoms with Gasteiger partial charge < -0.3 is 15.0 Å². The number of rotatable bonds is 9. The second-order valence-corrected chi connectivity index (χ2v) is 8.22. The molecule has 8 heteroatoms. The molecule has 0 aromatic heterocycles. The normalized spacial score (nSPS) is 17.5. The van der Waals surface area contributed by atoms with E-state index in [1.165, 1.54) is 4.90 Å². The average molecular weight is 450 g/mol. The summed E-state index contributed by atoms with van der Waals surface area (Å²) in [5.41, 5.74) is 1.64. The fourth-order valence-electron chi connectivity index (χ4n) is 4.24. The van der Waals surface area contributed by atoms with E-state index in [4.69, 9.17) is 4.74 Å². The summed E-state index contributed by atoms with van der Waals surface area (Å²) in [4.78, 5) is 52.4. The van der Waals surface area contributed by atoms with Gasteiger partial charge in [0.1, 0.15) is 5.75 Å². The van der Waals surface area contributed by atoms with E-state index < -0.39 is 0 Å². The van der Waals surface area contributed by atoms with Crippen molar-refractivity contribution in [3.63, 3.8) is 0 Å². The minimum atomic E-state index is -0.310. The van der Waals surface area contributed by atoms with Crippen LogP contribution in [0, 0.1) is 5.92 Å². The Labute approximate surface area is 192 Å².